The lowest BCUT2D eigenvalue weighted by Crippen LogP contribution is -2.14. The van der Waals surface area contributed by atoms with Gasteiger partial charge in [-0.2, -0.15) is 0 Å². The number of aromatic nitrogens is 1. The van der Waals surface area contributed by atoms with Crippen LogP contribution in [0.25, 0.3) is 10.9 Å². The molecule has 0 saturated carbocycles. The lowest BCUT2D eigenvalue weighted by atomic mass is 10.1. The molecular formula is C22H25N3O2S. The van der Waals surface area contributed by atoms with Crippen molar-refractivity contribution in [3.8, 4) is 5.75 Å². The van der Waals surface area contributed by atoms with Crippen LogP contribution in [-0.4, -0.2) is 37.8 Å². The Labute approximate surface area is 170 Å². The molecule has 0 unspecified atom stereocenters. The monoisotopic (exact) mass is 395 g/mol. The summed E-state index contributed by atoms with van der Waals surface area (Å²) in [6.07, 6.45) is 0.857. The Morgan fingerprint density at radius 3 is 2.54 bits per heavy atom. The van der Waals surface area contributed by atoms with E-state index in [1.54, 1.807) is 7.11 Å². The zero-order valence-electron chi connectivity index (χ0n) is 16.7. The number of anilines is 2. The van der Waals surface area contributed by atoms with E-state index in [4.69, 9.17) is 9.72 Å². The summed E-state index contributed by atoms with van der Waals surface area (Å²) in [4.78, 5) is 19.1. The van der Waals surface area contributed by atoms with Gasteiger partial charge in [0.15, 0.2) is 0 Å². The minimum absolute atomic E-state index is 0.0405. The second-order valence-electron chi connectivity index (χ2n) is 6.64. The van der Waals surface area contributed by atoms with E-state index in [0.717, 1.165) is 45.0 Å². The van der Waals surface area contributed by atoms with E-state index in [0.29, 0.717) is 5.75 Å². The predicted molar refractivity (Wildman–Crippen MR) is 118 cm³/mol. The molecule has 0 saturated heterocycles. The standard InChI is InChI=1S/C22H25N3O2S/c1-5-15-12-16-13-19(27-4)10-11-20(16)24-22(15)28-14-21(26)23-17-6-8-18(9-7-17)25(2)3/h6-13H,5,14H2,1-4H3,(H,23,26). The second-order valence-corrected chi connectivity index (χ2v) is 7.61. The van der Waals surface area contributed by atoms with Crippen molar-refractivity contribution in [2.24, 2.45) is 0 Å². The van der Waals surface area contributed by atoms with E-state index >= 15 is 0 Å². The van der Waals surface area contributed by atoms with Crippen LogP contribution in [0.1, 0.15) is 12.5 Å². The van der Waals surface area contributed by atoms with E-state index in [1.807, 2.05) is 61.5 Å². The quantitative estimate of drug-likeness (QED) is 0.593. The number of rotatable bonds is 7. The van der Waals surface area contributed by atoms with Crippen LogP contribution in [-0.2, 0) is 11.2 Å². The van der Waals surface area contributed by atoms with Crippen molar-refractivity contribution in [1.29, 1.82) is 0 Å². The number of benzene rings is 2. The van der Waals surface area contributed by atoms with Crippen LogP contribution in [0.2, 0.25) is 0 Å². The Kier molecular flexibility index (Phi) is 6.41. The number of nitrogens with one attached hydrogen (secondary N) is 1. The van der Waals surface area contributed by atoms with Gasteiger partial charge in [0.2, 0.25) is 5.91 Å². The maximum Gasteiger partial charge on any atom is 0.234 e. The van der Waals surface area contributed by atoms with Gasteiger partial charge in [-0.05, 0) is 60.5 Å². The van der Waals surface area contributed by atoms with Gasteiger partial charge in [0, 0.05) is 30.9 Å². The molecule has 3 aromatic rings. The fourth-order valence-electron chi connectivity index (χ4n) is 2.86. The molecule has 0 fully saturated rings. The van der Waals surface area contributed by atoms with Crippen molar-refractivity contribution in [2.45, 2.75) is 18.4 Å². The summed E-state index contributed by atoms with van der Waals surface area (Å²) >= 11 is 1.47. The molecule has 2 aromatic carbocycles. The third-order valence-electron chi connectivity index (χ3n) is 4.45. The minimum Gasteiger partial charge on any atom is -0.497 e. The largest absolute Gasteiger partial charge is 0.497 e. The fourth-order valence-corrected chi connectivity index (χ4v) is 3.75. The molecule has 0 atom stereocenters. The highest BCUT2D eigenvalue weighted by atomic mass is 32.2. The molecule has 0 aliphatic heterocycles. The molecule has 0 radical (unpaired) electrons. The molecule has 6 heteroatoms. The third-order valence-corrected chi connectivity index (χ3v) is 5.48. The Morgan fingerprint density at radius 2 is 1.89 bits per heavy atom. The van der Waals surface area contributed by atoms with Crippen molar-refractivity contribution in [1.82, 2.24) is 4.98 Å². The lowest BCUT2D eigenvalue weighted by Gasteiger charge is -2.13. The number of hydrogen-bond donors (Lipinski definition) is 1. The van der Waals surface area contributed by atoms with Crippen LogP contribution in [0.5, 0.6) is 5.75 Å². The van der Waals surface area contributed by atoms with Crippen LogP contribution in [0.15, 0.2) is 53.6 Å². The summed E-state index contributed by atoms with van der Waals surface area (Å²) in [6.45, 7) is 2.10. The highest BCUT2D eigenvalue weighted by molar-refractivity contribution is 8.00. The molecular weight excluding hydrogens is 370 g/mol. The van der Waals surface area contributed by atoms with Crippen LogP contribution in [0.4, 0.5) is 11.4 Å². The van der Waals surface area contributed by atoms with Crippen LogP contribution in [0.3, 0.4) is 0 Å². The zero-order chi connectivity index (χ0) is 20.1. The predicted octanol–water partition coefficient (Wildman–Crippen LogP) is 4.60. The summed E-state index contributed by atoms with van der Waals surface area (Å²) in [5.41, 5.74) is 3.93. The van der Waals surface area contributed by atoms with Gasteiger partial charge in [0.25, 0.3) is 0 Å². The molecule has 3 rings (SSSR count). The van der Waals surface area contributed by atoms with Crippen LogP contribution < -0.4 is 15.0 Å². The number of nitrogens with zero attached hydrogens (tertiary/aromatic N) is 2. The van der Waals surface area contributed by atoms with Crippen molar-refractivity contribution in [3.05, 3.63) is 54.1 Å². The normalized spacial score (nSPS) is 10.7. The van der Waals surface area contributed by atoms with E-state index in [-0.39, 0.29) is 5.91 Å². The number of amides is 1. The number of aryl methyl sites for hydroxylation is 1. The van der Waals surface area contributed by atoms with Gasteiger partial charge < -0.3 is 15.0 Å². The maximum atomic E-state index is 12.4. The van der Waals surface area contributed by atoms with Gasteiger partial charge in [0.05, 0.1) is 18.4 Å². The number of ether oxygens (including phenoxy) is 1. The molecule has 1 N–H and O–H groups in total. The molecule has 146 valence electrons. The number of carbonyl (C=O) groups is 1. The Hall–Kier alpha value is -2.73. The van der Waals surface area contributed by atoms with Gasteiger partial charge in [-0.15, -0.1) is 0 Å². The van der Waals surface area contributed by atoms with Gasteiger partial charge >= 0.3 is 0 Å². The maximum absolute atomic E-state index is 12.4. The van der Waals surface area contributed by atoms with Gasteiger partial charge in [-0.1, -0.05) is 18.7 Å². The fraction of sp³-hybridized carbons (Fsp3) is 0.273. The van der Waals surface area contributed by atoms with Crippen LogP contribution in [0, 0.1) is 0 Å². The highest BCUT2D eigenvalue weighted by Gasteiger charge is 2.10. The second kappa shape index (κ2) is 8.97. The minimum atomic E-state index is -0.0405. The van der Waals surface area contributed by atoms with Gasteiger partial charge in [0.1, 0.15) is 10.8 Å². The zero-order valence-corrected chi connectivity index (χ0v) is 17.5. The SMILES string of the molecule is CCc1cc2cc(OC)ccc2nc1SCC(=O)Nc1ccc(N(C)C)cc1. The van der Waals surface area contributed by atoms with E-state index < -0.39 is 0 Å². The number of pyridine rings is 1. The summed E-state index contributed by atoms with van der Waals surface area (Å²) < 4.78 is 5.29. The van der Waals surface area contributed by atoms with Crippen LogP contribution >= 0.6 is 11.8 Å². The number of methoxy groups -OCH3 is 1. The smallest absolute Gasteiger partial charge is 0.234 e. The van der Waals surface area contributed by atoms with Crippen molar-refractivity contribution >= 4 is 39.9 Å². The van der Waals surface area contributed by atoms with E-state index in [9.17, 15) is 4.79 Å². The van der Waals surface area contributed by atoms with Gasteiger partial charge in [-0.25, -0.2) is 4.98 Å². The first-order valence-corrected chi connectivity index (χ1v) is 10.2. The molecule has 1 heterocycles. The molecule has 0 spiro atoms. The number of hydrogen-bond acceptors (Lipinski definition) is 5. The molecule has 28 heavy (non-hydrogen) atoms. The molecule has 0 aliphatic carbocycles. The number of thioether (sulfide) groups is 1. The molecule has 0 aliphatic rings. The summed E-state index contributed by atoms with van der Waals surface area (Å²) in [5.74, 6) is 1.09. The van der Waals surface area contributed by atoms with Crippen molar-refractivity contribution < 1.29 is 9.53 Å². The summed E-state index contributed by atoms with van der Waals surface area (Å²) in [7, 11) is 5.64. The lowest BCUT2D eigenvalue weighted by molar-refractivity contribution is -0.113. The average molecular weight is 396 g/mol. The van der Waals surface area contributed by atoms with Crippen molar-refractivity contribution in [2.75, 3.05) is 37.2 Å². The van der Waals surface area contributed by atoms with E-state index in [1.165, 1.54) is 11.8 Å². The summed E-state index contributed by atoms with van der Waals surface area (Å²) in [5, 5.41) is 4.89. The van der Waals surface area contributed by atoms with Crippen molar-refractivity contribution in [3.63, 3.8) is 0 Å². The summed E-state index contributed by atoms with van der Waals surface area (Å²) in [6, 6.07) is 15.8. The Morgan fingerprint density at radius 1 is 1.14 bits per heavy atom. The third kappa shape index (κ3) is 4.75. The number of fused-ring (bicyclic) bond motifs is 1. The van der Waals surface area contributed by atoms with E-state index in [2.05, 4.69) is 18.3 Å². The first kappa shape index (κ1) is 20.0. The van der Waals surface area contributed by atoms with Gasteiger partial charge in [-0.3, -0.25) is 4.79 Å². The number of carbonyl (C=O) groups excluding carboxylic acids is 1. The molecule has 0 bridgehead atoms. The highest BCUT2D eigenvalue weighted by Crippen LogP contribution is 2.28. The molecule has 1 amide bonds. The Balaban J connectivity index is 1.69. The average Bonchev–Trinajstić information content (AvgIpc) is 2.71. The first-order valence-electron chi connectivity index (χ1n) is 9.18. The Bertz CT molecular complexity index is 971. The topological polar surface area (TPSA) is 54.5 Å². The molecule has 1 aromatic heterocycles. The molecule has 5 nitrogen and oxygen atoms in total. The first-order chi connectivity index (χ1) is 13.5.